The van der Waals surface area contributed by atoms with Gasteiger partial charge in [0.2, 0.25) is 5.91 Å². The van der Waals surface area contributed by atoms with Crippen molar-refractivity contribution < 1.29 is 47.2 Å². The molecule has 2 fully saturated rings. The number of aromatic nitrogens is 1. The molecule has 0 radical (unpaired) electrons. The van der Waals surface area contributed by atoms with Gasteiger partial charge < -0.3 is 39.8 Å². The molecule has 45 heavy (non-hydrogen) atoms. The van der Waals surface area contributed by atoms with Gasteiger partial charge in [-0.2, -0.15) is 0 Å². The number of aliphatic hydroxyl groups is 1. The molecule has 0 spiro atoms. The molecule has 238 valence electrons. The molecular formula is C32H33F2N3O8. The smallest absolute Gasteiger partial charge is 0.493 e. The van der Waals surface area contributed by atoms with E-state index in [-0.39, 0.29) is 60.2 Å². The zero-order valence-electron chi connectivity index (χ0n) is 24.7. The van der Waals surface area contributed by atoms with Crippen LogP contribution in [0.5, 0.6) is 28.7 Å². The Bertz CT molecular complexity index is 1640. The molecule has 2 amide bonds. The van der Waals surface area contributed by atoms with Crippen molar-refractivity contribution in [1.29, 1.82) is 0 Å². The van der Waals surface area contributed by atoms with Crippen LogP contribution in [0.15, 0.2) is 42.5 Å². The molecular weight excluding hydrogens is 592 g/mol. The van der Waals surface area contributed by atoms with Gasteiger partial charge in [-0.1, -0.05) is 0 Å². The van der Waals surface area contributed by atoms with Gasteiger partial charge in [0.15, 0.2) is 23.0 Å². The number of methoxy groups -OCH3 is 1. The number of amides is 2. The first kappa shape index (κ1) is 30.4. The first-order chi connectivity index (χ1) is 21.5. The molecule has 2 heterocycles. The lowest BCUT2D eigenvalue weighted by molar-refractivity contribution is -0.286. The lowest BCUT2D eigenvalue weighted by atomic mass is 9.90. The van der Waals surface area contributed by atoms with Crippen LogP contribution < -0.4 is 34.7 Å². The molecule has 1 aromatic heterocycles. The summed E-state index contributed by atoms with van der Waals surface area (Å²) in [4.78, 5) is 30.1. The van der Waals surface area contributed by atoms with Crippen LogP contribution >= 0.6 is 0 Å². The van der Waals surface area contributed by atoms with Crippen molar-refractivity contribution >= 4 is 11.8 Å². The predicted molar refractivity (Wildman–Crippen MR) is 156 cm³/mol. The molecule has 2 aromatic carbocycles. The van der Waals surface area contributed by atoms with Crippen molar-refractivity contribution in [3.05, 3.63) is 59.3 Å². The Hall–Kier alpha value is -4.65. The van der Waals surface area contributed by atoms with E-state index in [0.717, 1.165) is 12.8 Å². The molecule has 2 aliphatic carbocycles. The highest BCUT2D eigenvalue weighted by Gasteiger charge is 2.47. The molecule has 4 N–H and O–H groups in total. The van der Waals surface area contributed by atoms with Gasteiger partial charge in [-0.3, -0.25) is 9.59 Å². The van der Waals surface area contributed by atoms with Gasteiger partial charge >= 0.3 is 6.29 Å². The average Bonchev–Trinajstić information content (AvgIpc) is 3.93. The number of nitrogens with one attached hydrogen (secondary N) is 1. The summed E-state index contributed by atoms with van der Waals surface area (Å²) >= 11 is 0. The van der Waals surface area contributed by atoms with Crippen LogP contribution in [0.3, 0.4) is 0 Å². The number of halogens is 2. The minimum Gasteiger partial charge on any atom is -0.493 e. The Labute approximate surface area is 257 Å². The van der Waals surface area contributed by atoms with E-state index in [1.54, 1.807) is 25.1 Å². The fraction of sp³-hybridized carbons (Fsp3) is 0.406. The first-order valence-corrected chi connectivity index (χ1v) is 14.7. The minimum atomic E-state index is -3.82. The summed E-state index contributed by atoms with van der Waals surface area (Å²) in [7, 11) is 1.49. The summed E-state index contributed by atoms with van der Waals surface area (Å²) in [6, 6.07) is 10.5. The topological polar surface area (TPSA) is 151 Å². The van der Waals surface area contributed by atoms with Crippen LogP contribution in [0.1, 0.15) is 54.2 Å². The third-order valence-electron chi connectivity index (χ3n) is 7.84. The van der Waals surface area contributed by atoms with Crippen LogP contribution in [0.25, 0.3) is 11.3 Å². The van der Waals surface area contributed by atoms with Crippen molar-refractivity contribution in [2.45, 2.75) is 57.0 Å². The summed E-state index contributed by atoms with van der Waals surface area (Å²) in [5.41, 5.74) is 5.21. The fourth-order valence-corrected chi connectivity index (χ4v) is 5.32. The maximum atomic E-state index is 13.8. The number of rotatable bonds is 13. The van der Waals surface area contributed by atoms with Crippen molar-refractivity contribution in [3.63, 3.8) is 0 Å². The van der Waals surface area contributed by atoms with E-state index in [4.69, 9.17) is 24.9 Å². The Morgan fingerprint density at radius 1 is 1.09 bits per heavy atom. The van der Waals surface area contributed by atoms with E-state index in [2.05, 4.69) is 14.8 Å². The normalized spacial score (nSPS) is 17.7. The lowest BCUT2D eigenvalue weighted by Gasteiger charge is -2.30. The van der Waals surface area contributed by atoms with E-state index in [1.807, 2.05) is 0 Å². The first-order valence-electron chi connectivity index (χ1n) is 14.7. The molecule has 0 bridgehead atoms. The monoisotopic (exact) mass is 625 g/mol. The van der Waals surface area contributed by atoms with Crippen molar-refractivity contribution in [3.8, 4) is 40.0 Å². The van der Waals surface area contributed by atoms with Gasteiger partial charge in [-0.25, -0.2) is 4.98 Å². The maximum Gasteiger partial charge on any atom is 0.586 e. The van der Waals surface area contributed by atoms with E-state index in [1.165, 1.54) is 31.4 Å². The van der Waals surface area contributed by atoms with E-state index in [0.29, 0.717) is 41.0 Å². The zero-order chi connectivity index (χ0) is 31.9. The van der Waals surface area contributed by atoms with Gasteiger partial charge in [-0.05, 0) is 81.0 Å². The number of hydrogen-bond donors (Lipinski definition) is 3. The maximum absolute atomic E-state index is 13.8. The number of fused-ring (bicyclic) bond motifs is 1. The predicted octanol–water partition coefficient (Wildman–Crippen LogP) is 4.07. The zero-order valence-corrected chi connectivity index (χ0v) is 24.7. The standard InChI is InChI=1S/C32H33F2N3O8/c1-3-42-29-19(15-27(35)38)14-26(37-28(29)17-4-11-23-25(12-17)45-32(33,34)44-23)31(40,20-6-7-20)16-36-30(39)18-5-10-22(24(13-18)41-2)43-21-8-9-21/h4-5,10-14,20-21,40H,3,6-9,15-16H2,1-2H3,(H2,35,38)(H,36,39)/t31-/m1/s1. The van der Waals surface area contributed by atoms with Crippen molar-refractivity contribution in [1.82, 2.24) is 10.3 Å². The second-order valence-corrected chi connectivity index (χ2v) is 11.3. The summed E-state index contributed by atoms with van der Waals surface area (Å²) in [6.45, 7) is 1.73. The molecule has 1 aliphatic heterocycles. The van der Waals surface area contributed by atoms with Gasteiger partial charge in [-0.15, -0.1) is 8.78 Å². The van der Waals surface area contributed by atoms with Crippen LogP contribution in [-0.4, -0.2) is 54.6 Å². The average molecular weight is 626 g/mol. The number of pyridine rings is 1. The second kappa shape index (κ2) is 11.7. The van der Waals surface area contributed by atoms with E-state index in [9.17, 15) is 23.5 Å². The third-order valence-corrected chi connectivity index (χ3v) is 7.84. The van der Waals surface area contributed by atoms with Crippen LogP contribution in [0.2, 0.25) is 0 Å². The molecule has 0 unspecified atom stereocenters. The summed E-state index contributed by atoms with van der Waals surface area (Å²) in [5.74, 6) is -0.561. The van der Waals surface area contributed by atoms with Gasteiger partial charge in [0.1, 0.15) is 17.0 Å². The summed E-state index contributed by atoms with van der Waals surface area (Å²) in [5, 5.41) is 14.9. The molecule has 1 atom stereocenters. The lowest BCUT2D eigenvalue weighted by Crippen LogP contribution is -2.43. The number of carbonyl (C=O) groups excluding carboxylic acids is 2. The number of hydrogen-bond acceptors (Lipinski definition) is 9. The van der Waals surface area contributed by atoms with Crippen molar-refractivity contribution in [2.75, 3.05) is 20.3 Å². The molecule has 3 aliphatic rings. The van der Waals surface area contributed by atoms with Crippen LogP contribution in [0, 0.1) is 5.92 Å². The quantitative estimate of drug-likeness (QED) is 0.255. The number of alkyl halides is 2. The number of nitrogens with two attached hydrogens (primary N) is 1. The number of benzene rings is 2. The Balaban J connectivity index is 1.34. The molecule has 11 nitrogen and oxygen atoms in total. The molecule has 0 saturated heterocycles. The Morgan fingerprint density at radius 2 is 1.84 bits per heavy atom. The van der Waals surface area contributed by atoms with Crippen molar-refractivity contribution in [2.24, 2.45) is 11.7 Å². The number of nitrogens with zero attached hydrogens (tertiary/aromatic N) is 1. The SMILES string of the molecule is CCOc1c(CC(N)=O)cc([C@@](O)(CNC(=O)c2ccc(OC3CC3)c(OC)c2)C2CC2)nc1-c1ccc2c(c1)OC(F)(F)O2. The number of primary amides is 1. The highest BCUT2D eigenvalue weighted by molar-refractivity contribution is 5.95. The second-order valence-electron chi connectivity index (χ2n) is 11.3. The van der Waals surface area contributed by atoms with Gasteiger partial charge in [0.25, 0.3) is 5.91 Å². The van der Waals surface area contributed by atoms with E-state index >= 15 is 0 Å². The highest BCUT2D eigenvalue weighted by Crippen LogP contribution is 2.48. The summed E-state index contributed by atoms with van der Waals surface area (Å²) < 4.78 is 53.8. The number of carbonyl (C=O) groups is 2. The largest absolute Gasteiger partial charge is 0.586 e. The Kier molecular flexibility index (Phi) is 7.89. The fourth-order valence-electron chi connectivity index (χ4n) is 5.32. The molecule has 2 saturated carbocycles. The highest BCUT2D eigenvalue weighted by atomic mass is 19.3. The molecule has 6 rings (SSSR count). The van der Waals surface area contributed by atoms with Crippen LogP contribution in [0.4, 0.5) is 8.78 Å². The third kappa shape index (κ3) is 6.44. The number of ether oxygens (including phenoxy) is 5. The Morgan fingerprint density at radius 3 is 2.51 bits per heavy atom. The minimum absolute atomic E-state index is 0.150. The van der Waals surface area contributed by atoms with Crippen LogP contribution in [-0.2, 0) is 16.8 Å². The summed E-state index contributed by atoms with van der Waals surface area (Å²) in [6.07, 6.45) is -0.644. The van der Waals surface area contributed by atoms with Gasteiger partial charge in [0, 0.05) is 16.7 Å². The van der Waals surface area contributed by atoms with Gasteiger partial charge in [0.05, 0.1) is 38.5 Å². The molecule has 13 heteroatoms. The van der Waals surface area contributed by atoms with E-state index < -0.39 is 23.7 Å². The molecule has 3 aromatic rings.